The van der Waals surface area contributed by atoms with Gasteiger partial charge in [0.25, 0.3) is 11.6 Å². The zero-order chi connectivity index (χ0) is 24.5. The fraction of sp³-hybridized carbons (Fsp3) is 0.0833. The highest BCUT2D eigenvalue weighted by molar-refractivity contribution is 6.33. The van der Waals surface area contributed by atoms with Crippen molar-refractivity contribution in [3.63, 3.8) is 0 Å². The van der Waals surface area contributed by atoms with Crippen molar-refractivity contribution in [2.24, 2.45) is 0 Å². The molecule has 0 fully saturated rings. The molecule has 1 unspecified atom stereocenters. The summed E-state index contributed by atoms with van der Waals surface area (Å²) in [5, 5.41) is 22.5. The van der Waals surface area contributed by atoms with Crippen molar-refractivity contribution >= 4 is 35.0 Å². The number of amides is 1. The minimum absolute atomic E-state index is 0.101. The van der Waals surface area contributed by atoms with Crippen LogP contribution in [0.4, 0.5) is 17.5 Å². The van der Waals surface area contributed by atoms with Gasteiger partial charge in [-0.25, -0.2) is 9.67 Å². The van der Waals surface area contributed by atoms with E-state index >= 15 is 0 Å². The maximum absolute atomic E-state index is 13.5. The molecule has 35 heavy (non-hydrogen) atoms. The summed E-state index contributed by atoms with van der Waals surface area (Å²) in [4.78, 5) is 33.2. The van der Waals surface area contributed by atoms with Crippen LogP contribution in [-0.4, -0.2) is 30.6 Å². The average Bonchev–Trinajstić information content (AvgIpc) is 3.27. The zero-order valence-electron chi connectivity index (χ0n) is 18.3. The molecular weight excluding hydrogens is 470 g/mol. The van der Waals surface area contributed by atoms with Gasteiger partial charge < -0.3 is 10.6 Å². The van der Waals surface area contributed by atoms with E-state index in [0.717, 1.165) is 0 Å². The summed E-state index contributed by atoms with van der Waals surface area (Å²) in [6, 6.07) is 17.6. The maximum Gasteiger partial charge on any atom is 0.269 e. The van der Waals surface area contributed by atoms with Crippen molar-refractivity contribution in [3.8, 4) is 11.4 Å². The molecule has 4 aromatic rings. The normalized spacial score (nSPS) is 14.7. The van der Waals surface area contributed by atoms with E-state index < -0.39 is 16.9 Å². The molecule has 0 bridgehead atoms. The van der Waals surface area contributed by atoms with Gasteiger partial charge in [0.15, 0.2) is 5.82 Å². The minimum Gasteiger partial charge on any atom is -0.328 e. The van der Waals surface area contributed by atoms with Crippen LogP contribution in [0.25, 0.3) is 11.4 Å². The van der Waals surface area contributed by atoms with Crippen LogP contribution in [0.15, 0.2) is 84.2 Å². The number of nitrogens with zero attached hydrogens (tertiary/aromatic N) is 5. The predicted octanol–water partition coefficient (Wildman–Crippen LogP) is 4.83. The van der Waals surface area contributed by atoms with E-state index in [2.05, 4.69) is 25.7 Å². The molecule has 1 atom stereocenters. The molecule has 11 heteroatoms. The van der Waals surface area contributed by atoms with Gasteiger partial charge in [0, 0.05) is 29.6 Å². The van der Waals surface area contributed by atoms with Gasteiger partial charge in [-0.05, 0) is 36.8 Å². The summed E-state index contributed by atoms with van der Waals surface area (Å²) in [7, 11) is 0. The van der Waals surface area contributed by atoms with E-state index in [-0.39, 0.29) is 5.69 Å². The molecule has 0 saturated heterocycles. The summed E-state index contributed by atoms with van der Waals surface area (Å²) in [5.74, 6) is 0.679. The first-order chi connectivity index (χ1) is 16.9. The molecule has 1 aliphatic heterocycles. The Morgan fingerprint density at radius 1 is 1.14 bits per heavy atom. The zero-order valence-corrected chi connectivity index (χ0v) is 19.1. The van der Waals surface area contributed by atoms with Gasteiger partial charge in [-0.1, -0.05) is 41.9 Å². The number of nitro benzene ring substituents is 1. The van der Waals surface area contributed by atoms with Gasteiger partial charge in [0.1, 0.15) is 11.9 Å². The first-order valence-corrected chi connectivity index (χ1v) is 11.0. The van der Waals surface area contributed by atoms with Crippen molar-refractivity contribution in [1.82, 2.24) is 19.7 Å². The van der Waals surface area contributed by atoms with Crippen LogP contribution in [0, 0.1) is 10.1 Å². The van der Waals surface area contributed by atoms with E-state index in [0.29, 0.717) is 45.0 Å². The molecule has 2 N–H and O–H groups in total. The molecule has 0 spiro atoms. The quantitative estimate of drug-likeness (QED) is 0.305. The van der Waals surface area contributed by atoms with Gasteiger partial charge in [0.05, 0.1) is 15.5 Å². The molecular formula is C24H18ClN7O3. The molecule has 0 saturated carbocycles. The lowest BCUT2D eigenvalue weighted by atomic mass is 9.94. The summed E-state index contributed by atoms with van der Waals surface area (Å²) in [5.41, 5.74) is 1.87. The number of hydrogen-bond donors (Lipinski definition) is 2. The molecule has 174 valence electrons. The maximum atomic E-state index is 13.5. The number of nitrogens with one attached hydrogen (secondary N) is 2. The second kappa shape index (κ2) is 8.99. The monoisotopic (exact) mass is 487 g/mol. The van der Waals surface area contributed by atoms with E-state index in [4.69, 9.17) is 11.6 Å². The topological polar surface area (TPSA) is 128 Å². The molecule has 1 amide bonds. The number of nitro groups is 1. The Morgan fingerprint density at radius 3 is 2.69 bits per heavy atom. The van der Waals surface area contributed by atoms with Crippen molar-refractivity contribution in [2.75, 3.05) is 10.6 Å². The average molecular weight is 488 g/mol. The number of aromatic nitrogens is 4. The van der Waals surface area contributed by atoms with Gasteiger partial charge in [-0.2, -0.15) is 4.98 Å². The third-order valence-corrected chi connectivity index (χ3v) is 5.84. The lowest BCUT2D eigenvalue weighted by Gasteiger charge is -2.28. The lowest BCUT2D eigenvalue weighted by Crippen LogP contribution is -2.31. The fourth-order valence-corrected chi connectivity index (χ4v) is 4.16. The Bertz CT molecular complexity index is 1480. The predicted molar refractivity (Wildman–Crippen MR) is 131 cm³/mol. The van der Waals surface area contributed by atoms with Crippen LogP contribution in [-0.2, 0) is 4.79 Å². The molecule has 0 aliphatic carbocycles. The number of rotatable bonds is 5. The van der Waals surface area contributed by atoms with Crippen LogP contribution in [0.3, 0.4) is 0 Å². The lowest BCUT2D eigenvalue weighted by molar-refractivity contribution is -0.384. The third kappa shape index (κ3) is 4.22. The minimum atomic E-state index is -0.793. The Balaban J connectivity index is 1.65. The van der Waals surface area contributed by atoms with Crippen molar-refractivity contribution in [2.45, 2.75) is 13.0 Å². The fourth-order valence-electron chi connectivity index (χ4n) is 3.94. The van der Waals surface area contributed by atoms with Gasteiger partial charge in [-0.3, -0.25) is 14.9 Å². The van der Waals surface area contributed by atoms with Gasteiger partial charge in [-0.15, -0.1) is 5.10 Å². The van der Waals surface area contributed by atoms with Gasteiger partial charge >= 0.3 is 0 Å². The summed E-state index contributed by atoms with van der Waals surface area (Å²) < 4.78 is 1.54. The number of fused-ring (bicyclic) bond motifs is 1. The number of carbonyl (C=O) groups excluding carboxylic acids is 1. The Morgan fingerprint density at radius 2 is 1.94 bits per heavy atom. The molecule has 0 radical (unpaired) electrons. The number of halogens is 1. The number of pyridine rings is 1. The van der Waals surface area contributed by atoms with Crippen LogP contribution in [0.2, 0.25) is 5.02 Å². The van der Waals surface area contributed by atoms with Crippen molar-refractivity contribution in [1.29, 1.82) is 0 Å². The molecule has 2 aromatic carbocycles. The highest BCUT2D eigenvalue weighted by Gasteiger charge is 2.35. The van der Waals surface area contributed by atoms with E-state index in [9.17, 15) is 14.9 Å². The highest BCUT2D eigenvalue weighted by Crippen LogP contribution is 2.38. The van der Waals surface area contributed by atoms with Gasteiger partial charge in [0.2, 0.25) is 5.95 Å². The molecule has 5 rings (SSSR count). The molecule has 1 aliphatic rings. The van der Waals surface area contributed by atoms with Crippen molar-refractivity contribution in [3.05, 3.63) is 105 Å². The number of allylic oxidation sites excluding steroid dienone is 1. The smallest absolute Gasteiger partial charge is 0.269 e. The second-order valence-corrected chi connectivity index (χ2v) is 8.18. The Labute approximate surface area is 204 Å². The van der Waals surface area contributed by atoms with Crippen LogP contribution in [0.5, 0.6) is 0 Å². The Hall–Kier alpha value is -4.57. The molecule has 2 aromatic heterocycles. The first kappa shape index (κ1) is 22.2. The highest BCUT2D eigenvalue weighted by atomic mass is 35.5. The first-order valence-electron chi connectivity index (χ1n) is 10.6. The molecule has 10 nitrogen and oxygen atoms in total. The number of non-ortho nitro benzene ring substituents is 1. The standard InChI is InChI=1S/C24H18ClN7O3/c1-14-20(23(33)28-19-11-4-5-12-26-19)21(15-7-6-8-16(13-15)32(34)35)31-24(27-14)29-22(30-31)17-9-2-3-10-18(17)25/h2-13,21H,1H3,(H,26,28,33)(H,27,29,30). The van der Waals surface area contributed by atoms with E-state index in [1.807, 2.05) is 6.07 Å². The summed E-state index contributed by atoms with van der Waals surface area (Å²) in [6.45, 7) is 1.74. The second-order valence-electron chi connectivity index (χ2n) is 7.77. The van der Waals surface area contributed by atoms with E-state index in [1.54, 1.807) is 61.7 Å². The van der Waals surface area contributed by atoms with Crippen molar-refractivity contribution < 1.29 is 9.72 Å². The number of anilines is 2. The van der Waals surface area contributed by atoms with Crippen LogP contribution in [0.1, 0.15) is 18.5 Å². The summed E-state index contributed by atoms with van der Waals surface area (Å²) >= 11 is 6.36. The largest absolute Gasteiger partial charge is 0.328 e. The summed E-state index contributed by atoms with van der Waals surface area (Å²) in [6.07, 6.45) is 1.57. The SMILES string of the molecule is CC1=C(C(=O)Nc2ccccn2)C(c2cccc([N+](=O)[O-])c2)n2nc(-c3ccccc3Cl)nc2N1. The number of carbonyl (C=O) groups is 1. The number of hydrogen-bond acceptors (Lipinski definition) is 7. The molecule has 3 heterocycles. The Kier molecular flexibility index (Phi) is 5.71. The van der Waals surface area contributed by atoms with Crippen LogP contribution < -0.4 is 10.6 Å². The third-order valence-electron chi connectivity index (χ3n) is 5.52. The van der Waals surface area contributed by atoms with E-state index in [1.165, 1.54) is 16.8 Å². The number of benzene rings is 2. The van der Waals surface area contributed by atoms with Crippen LogP contribution >= 0.6 is 11.6 Å².